The molecule has 8 aromatic rings. The van der Waals surface area contributed by atoms with Gasteiger partial charge in [-0.2, -0.15) is 0 Å². The van der Waals surface area contributed by atoms with E-state index in [1.165, 1.54) is 88.6 Å². The molecule has 5 aliphatic carbocycles. The van der Waals surface area contributed by atoms with Crippen molar-refractivity contribution in [2.45, 2.75) is 87.7 Å². The number of aryl methyl sites for hydroxylation is 1. The molecular weight excluding hydrogens is 791 g/mol. The molecule has 0 bridgehead atoms. The zero-order valence-corrected chi connectivity index (χ0v) is 36.7. The highest BCUT2D eigenvalue weighted by Crippen LogP contribution is 2.50. The van der Waals surface area contributed by atoms with Gasteiger partial charge in [-0.05, 0) is 127 Å². The first-order valence-electron chi connectivity index (χ1n) is 24.2. The predicted molar refractivity (Wildman–Crippen MR) is 270 cm³/mol. The van der Waals surface area contributed by atoms with Crippen LogP contribution in [0.15, 0.2) is 158 Å². The van der Waals surface area contributed by atoms with Gasteiger partial charge in [-0.15, -0.1) is 0 Å². The zero-order chi connectivity index (χ0) is 42.6. The van der Waals surface area contributed by atoms with Crippen LogP contribution in [0.2, 0.25) is 0 Å². The van der Waals surface area contributed by atoms with E-state index in [1.807, 2.05) is 0 Å². The molecule has 0 radical (unpaired) electrons. The highest BCUT2D eigenvalue weighted by Gasteiger charge is 2.40. The summed E-state index contributed by atoms with van der Waals surface area (Å²) in [6.45, 7) is 0. The molecule has 0 amide bonds. The maximum absolute atomic E-state index is 5.66. The van der Waals surface area contributed by atoms with Gasteiger partial charge >= 0.3 is 0 Å². The summed E-state index contributed by atoms with van der Waals surface area (Å²) in [5, 5.41) is 6.72. The van der Waals surface area contributed by atoms with Gasteiger partial charge in [-0.1, -0.05) is 134 Å². The van der Waals surface area contributed by atoms with Gasteiger partial charge in [-0.3, -0.25) is 0 Å². The Hall–Kier alpha value is -6.98. The van der Waals surface area contributed by atoms with Gasteiger partial charge in [0.15, 0.2) is 0 Å². The molecule has 0 saturated heterocycles. The van der Waals surface area contributed by atoms with Gasteiger partial charge in [-0.25, -0.2) is 9.97 Å². The lowest BCUT2D eigenvalue weighted by atomic mass is 9.82. The number of nitrogens with zero attached hydrogens (tertiary/aromatic N) is 5. The van der Waals surface area contributed by atoms with Crippen LogP contribution < -0.4 is 4.90 Å². The monoisotopic (exact) mass is 841 g/mol. The van der Waals surface area contributed by atoms with E-state index < -0.39 is 0 Å². The largest absolute Gasteiger partial charge is 0.341 e. The standard InChI is InChI=1S/C60H51N5/c1-2-15-42(16-3-1)64-52-23-11-7-18-45(52)47-33-28-41(37-57(47)64)40-30-34-55-50(36-40)46-19-8-12-24-53(46)65(55)60-61-51-22-10-6-20-48(51)59(62-60)39-26-31-43(32-27-39)63-54-25-13-9-21-49(54)58-44-17-5-4-14-38(44)29-35-56(58)63/h1-6,8-12,14-15,17,19-24,28-30,33-37,39,42-43,46,53H,7,13,16,18,25-27,31-32H2. The second kappa shape index (κ2) is 14.8. The fourth-order valence-corrected chi connectivity index (χ4v) is 12.9. The number of para-hydroxylation sites is 1. The maximum atomic E-state index is 5.66. The summed E-state index contributed by atoms with van der Waals surface area (Å²) < 4.78 is 5.35. The summed E-state index contributed by atoms with van der Waals surface area (Å²) >= 11 is 0. The van der Waals surface area contributed by atoms with E-state index in [2.05, 4.69) is 184 Å². The number of allylic oxidation sites excluding steroid dienone is 8. The SMILES string of the molecule is C1=CCC(n2c3c(c4ccc(-c5ccc6c(c5)C5C=CC=CC5N6c5nc(C6CCC(n7c8c(c9c%10ccccc%10ccc97)C=CCC8)CC6)c6ccccc6n5)cc42)CCC=C3)C=C1. The highest BCUT2D eigenvalue weighted by molar-refractivity contribution is 6.11. The average molecular weight is 842 g/mol. The Balaban J connectivity index is 0.820. The first-order chi connectivity index (χ1) is 32.2. The molecule has 1 saturated carbocycles. The lowest BCUT2D eigenvalue weighted by molar-refractivity contribution is 0.322. The Morgan fingerprint density at radius 2 is 1.42 bits per heavy atom. The quantitative estimate of drug-likeness (QED) is 0.173. The van der Waals surface area contributed by atoms with E-state index in [1.54, 1.807) is 0 Å². The summed E-state index contributed by atoms with van der Waals surface area (Å²) in [7, 11) is 0. The third-order valence-electron chi connectivity index (χ3n) is 15.8. The lowest BCUT2D eigenvalue weighted by Crippen LogP contribution is -2.30. The molecule has 1 aliphatic heterocycles. The number of anilines is 2. The van der Waals surface area contributed by atoms with Crippen molar-refractivity contribution in [1.29, 1.82) is 0 Å². The first-order valence-corrected chi connectivity index (χ1v) is 24.2. The Morgan fingerprint density at radius 3 is 2.34 bits per heavy atom. The number of hydrogen-bond donors (Lipinski definition) is 0. The summed E-state index contributed by atoms with van der Waals surface area (Å²) in [6.07, 6.45) is 37.7. The zero-order valence-electron chi connectivity index (χ0n) is 36.7. The lowest BCUT2D eigenvalue weighted by Gasteiger charge is -2.33. The average Bonchev–Trinajstić information content (AvgIpc) is 4.02. The number of rotatable bonds is 5. The van der Waals surface area contributed by atoms with Gasteiger partial charge < -0.3 is 14.0 Å². The van der Waals surface area contributed by atoms with Crippen molar-refractivity contribution in [1.82, 2.24) is 19.1 Å². The molecule has 3 aromatic heterocycles. The highest BCUT2D eigenvalue weighted by atomic mass is 15.3. The third-order valence-corrected chi connectivity index (χ3v) is 15.8. The van der Waals surface area contributed by atoms with Gasteiger partial charge in [0.25, 0.3) is 0 Å². The second-order valence-electron chi connectivity index (χ2n) is 19.2. The molecule has 65 heavy (non-hydrogen) atoms. The normalized spacial score (nSPS) is 22.9. The van der Waals surface area contributed by atoms with E-state index in [4.69, 9.17) is 9.97 Å². The minimum absolute atomic E-state index is 0.109. The molecule has 0 N–H and O–H groups in total. The van der Waals surface area contributed by atoms with Crippen LogP contribution in [-0.2, 0) is 12.8 Å². The van der Waals surface area contributed by atoms with Crippen LogP contribution in [0.5, 0.6) is 0 Å². The molecule has 5 aromatic carbocycles. The smallest absolute Gasteiger partial charge is 0.231 e. The van der Waals surface area contributed by atoms with Gasteiger partial charge in [0.2, 0.25) is 5.95 Å². The second-order valence-corrected chi connectivity index (χ2v) is 19.2. The van der Waals surface area contributed by atoms with E-state index >= 15 is 0 Å². The molecule has 0 spiro atoms. The van der Waals surface area contributed by atoms with Crippen molar-refractivity contribution in [3.8, 4) is 11.1 Å². The molecule has 1 fully saturated rings. The van der Waals surface area contributed by atoms with Crippen LogP contribution in [0.1, 0.15) is 103 Å². The van der Waals surface area contributed by atoms with Gasteiger partial charge in [0, 0.05) is 67.7 Å². The van der Waals surface area contributed by atoms with Crippen LogP contribution in [0, 0.1) is 0 Å². The minimum Gasteiger partial charge on any atom is -0.341 e. The van der Waals surface area contributed by atoms with Crippen molar-refractivity contribution in [3.05, 3.63) is 192 Å². The Kier molecular flexibility index (Phi) is 8.51. The summed E-state index contributed by atoms with van der Waals surface area (Å²) in [5.41, 5.74) is 15.9. The van der Waals surface area contributed by atoms with E-state index in [0.717, 1.165) is 69.3 Å². The van der Waals surface area contributed by atoms with Gasteiger partial charge in [0.1, 0.15) is 0 Å². The van der Waals surface area contributed by atoms with E-state index in [-0.39, 0.29) is 12.0 Å². The van der Waals surface area contributed by atoms with Crippen molar-refractivity contribution in [3.63, 3.8) is 0 Å². The fourth-order valence-electron chi connectivity index (χ4n) is 12.9. The Bertz CT molecular complexity index is 3470. The maximum Gasteiger partial charge on any atom is 0.231 e. The first kappa shape index (κ1) is 37.4. The Labute approximate surface area is 380 Å². The van der Waals surface area contributed by atoms with E-state index in [9.17, 15) is 0 Å². The molecule has 6 aliphatic rings. The van der Waals surface area contributed by atoms with Crippen LogP contribution >= 0.6 is 0 Å². The molecule has 5 nitrogen and oxygen atoms in total. The van der Waals surface area contributed by atoms with Crippen molar-refractivity contribution >= 4 is 67.3 Å². The third kappa shape index (κ3) is 5.77. The Morgan fingerprint density at radius 1 is 0.600 bits per heavy atom. The molecule has 316 valence electrons. The number of aromatic nitrogens is 4. The van der Waals surface area contributed by atoms with Crippen LogP contribution in [0.3, 0.4) is 0 Å². The minimum atomic E-state index is 0.109. The van der Waals surface area contributed by atoms with Crippen molar-refractivity contribution < 1.29 is 0 Å². The van der Waals surface area contributed by atoms with E-state index in [0.29, 0.717) is 18.0 Å². The summed E-state index contributed by atoms with van der Waals surface area (Å²) in [4.78, 5) is 13.5. The summed E-state index contributed by atoms with van der Waals surface area (Å²) in [6, 6.07) is 37.6. The number of hydrogen-bond acceptors (Lipinski definition) is 3. The predicted octanol–water partition coefficient (Wildman–Crippen LogP) is 15.0. The summed E-state index contributed by atoms with van der Waals surface area (Å²) in [5.74, 6) is 1.40. The molecule has 14 rings (SSSR count). The van der Waals surface area contributed by atoms with Crippen LogP contribution in [0.4, 0.5) is 11.6 Å². The molecular formula is C60H51N5. The molecule has 5 heteroatoms. The van der Waals surface area contributed by atoms with Crippen LogP contribution in [0.25, 0.3) is 66.8 Å². The van der Waals surface area contributed by atoms with Crippen LogP contribution in [-0.4, -0.2) is 25.1 Å². The van der Waals surface area contributed by atoms with Crippen molar-refractivity contribution in [2.75, 3.05) is 4.90 Å². The molecule has 3 atom stereocenters. The number of benzene rings is 5. The molecule has 3 unspecified atom stereocenters. The topological polar surface area (TPSA) is 38.9 Å². The number of fused-ring (bicyclic) bond motifs is 12. The van der Waals surface area contributed by atoms with Gasteiger partial charge in [0.05, 0.1) is 23.3 Å². The van der Waals surface area contributed by atoms with Crippen molar-refractivity contribution in [2.24, 2.45) is 0 Å². The molecule has 4 heterocycles. The fraction of sp³-hybridized carbons (Fsp3) is 0.233.